The van der Waals surface area contributed by atoms with Crippen LogP contribution >= 0.6 is 23.6 Å². The van der Waals surface area contributed by atoms with Crippen molar-refractivity contribution in [3.8, 4) is 5.88 Å². The zero-order valence-electron chi connectivity index (χ0n) is 10.8. The number of rotatable bonds is 2. The maximum atomic E-state index is 9.88. The third-order valence-electron chi connectivity index (χ3n) is 3.07. The number of aliphatic imine (C=N–C) groups is 1. The zero-order valence-corrected chi connectivity index (χ0v) is 12.4. The summed E-state index contributed by atoms with van der Waals surface area (Å²) in [6.45, 7) is 0. The van der Waals surface area contributed by atoms with E-state index in [1.807, 2.05) is 30.3 Å². The van der Waals surface area contributed by atoms with E-state index in [1.54, 1.807) is 17.8 Å². The van der Waals surface area contributed by atoms with Crippen LogP contribution in [0.15, 0.2) is 47.5 Å². The molecule has 3 aromatic rings. The van der Waals surface area contributed by atoms with Crippen LogP contribution in [0.4, 0.5) is 5.69 Å². The number of fused-ring (bicyclic) bond motifs is 1. The first-order valence-corrected chi connectivity index (χ1v) is 7.29. The van der Waals surface area contributed by atoms with Gasteiger partial charge < -0.3 is 5.11 Å². The summed E-state index contributed by atoms with van der Waals surface area (Å²) in [5.41, 5.74) is 0.852. The maximum Gasteiger partial charge on any atom is 0.211 e. The number of thiazole rings is 1. The van der Waals surface area contributed by atoms with Crippen LogP contribution in [0.3, 0.4) is 0 Å². The predicted molar refractivity (Wildman–Crippen MR) is 87.0 cm³/mol. The van der Waals surface area contributed by atoms with Gasteiger partial charge in [0.1, 0.15) is 4.88 Å². The average molecular weight is 300 g/mol. The highest BCUT2D eigenvalue weighted by Crippen LogP contribution is 2.25. The predicted octanol–water partition coefficient (Wildman–Crippen LogP) is 4.43. The molecule has 0 aliphatic carbocycles. The van der Waals surface area contributed by atoms with Crippen molar-refractivity contribution in [3.05, 3.63) is 51.3 Å². The molecule has 1 aromatic heterocycles. The molecule has 0 atom stereocenters. The lowest BCUT2D eigenvalue weighted by molar-refractivity contribution is 0.430. The number of aromatic hydroxyl groups is 1. The largest absolute Gasteiger partial charge is 0.493 e. The molecule has 0 radical (unpaired) electrons. The fourth-order valence-corrected chi connectivity index (χ4v) is 3.04. The topological polar surface area (TPSA) is 37.5 Å². The normalized spacial score (nSPS) is 11.4. The smallest absolute Gasteiger partial charge is 0.211 e. The lowest BCUT2D eigenvalue weighted by Crippen LogP contribution is -1.85. The van der Waals surface area contributed by atoms with Crippen LogP contribution in [0.5, 0.6) is 5.88 Å². The minimum absolute atomic E-state index is 0.157. The van der Waals surface area contributed by atoms with Crippen molar-refractivity contribution in [3.63, 3.8) is 0 Å². The summed E-state index contributed by atoms with van der Waals surface area (Å²) in [7, 11) is 1.74. The standard InChI is InChI=1S/C15H12N2OS2/c1-17-14(18)13(20-15(17)19)9-16-12-7-6-10-4-2-3-5-11(10)8-12/h2-9,18H,1H3. The molecule has 0 saturated heterocycles. The molecular weight excluding hydrogens is 288 g/mol. The van der Waals surface area contributed by atoms with Gasteiger partial charge in [0.25, 0.3) is 0 Å². The van der Waals surface area contributed by atoms with Gasteiger partial charge in [0.2, 0.25) is 5.88 Å². The molecule has 2 aromatic carbocycles. The minimum atomic E-state index is 0.157. The van der Waals surface area contributed by atoms with Gasteiger partial charge in [0.15, 0.2) is 3.95 Å². The van der Waals surface area contributed by atoms with Crippen LogP contribution in [0, 0.1) is 3.95 Å². The summed E-state index contributed by atoms with van der Waals surface area (Å²) in [5.74, 6) is 0.157. The minimum Gasteiger partial charge on any atom is -0.493 e. The number of nitrogens with zero attached hydrogens (tertiary/aromatic N) is 2. The van der Waals surface area contributed by atoms with Crippen LogP contribution in [0.2, 0.25) is 0 Å². The van der Waals surface area contributed by atoms with Crippen LogP contribution in [-0.2, 0) is 7.05 Å². The monoisotopic (exact) mass is 300 g/mol. The Hall–Kier alpha value is -1.98. The Kier molecular flexibility index (Phi) is 3.38. The molecular formula is C15H12N2OS2. The van der Waals surface area contributed by atoms with Gasteiger partial charge >= 0.3 is 0 Å². The Morgan fingerprint density at radius 3 is 2.65 bits per heavy atom. The number of aromatic nitrogens is 1. The van der Waals surface area contributed by atoms with Crippen LogP contribution in [0.25, 0.3) is 10.8 Å². The van der Waals surface area contributed by atoms with Gasteiger partial charge in [0, 0.05) is 7.05 Å². The van der Waals surface area contributed by atoms with E-state index in [9.17, 15) is 5.11 Å². The quantitative estimate of drug-likeness (QED) is 0.561. The highest BCUT2D eigenvalue weighted by atomic mass is 32.1. The van der Waals surface area contributed by atoms with E-state index in [1.165, 1.54) is 16.7 Å². The van der Waals surface area contributed by atoms with E-state index in [2.05, 4.69) is 17.1 Å². The van der Waals surface area contributed by atoms with Gasteiger partial charge in [0.05, 0.1) is 11.9 Å². The summed E-state index contributed by atoms with van der Waals surface area (Å²) in [4.78, 5) is 5.08. The second kappa shape index (κ2) is 5.19. The fraction of sp³-hybridized carbons (Fsp3) is 0.0667. The van der Waals surface area contributed by atoms with E-state index in [-0.39, 0.29) is 5.88 Å². The molecule has 3 nitrogen and oxygen atoms in total. The van der Waals surface area contributed by atoms with Gasteiger partial charge in [-0.05, 0) is 35.1 Å². The van der Waals surface area contributed by atoms with Crippen molar-refractivity contribution in [2.75, 3.05) is 0 Å². The van der Waals surface area contributed by atoms with Crippen molar-refractivity contribution in [1.82, 2.24) is 4.57 Å². The van der Waals surface area contributed by atoms with Crippen molar-refractivity contribution in [1.29, 1.82) is 0 Å². The summed E-state index contributed by atoms with van der Waals surface area (Å²) < 4.78 is 2.20. The summed E-state index contributed by atoms with van der Waals surface area (Å²) >= 11 is 6.46. The van der Waals surface area contributed by atoms with Crippen molar-refractivity contribution in [2.24, 2.45) is 12.0 Å². The summed E-state index contributed by atoms with van der Waals surface area (Å²) in [5, 5.41) is 12.2. The second-order valence-corrected chi connectivity index (χ2v) is 6.08. The lowest BCUT2D eigenvalue weighted by atomic mass is 10.1. The SMILES string of the molecule is Cn1c(O)c(C=Nc2ccc3ccccc3c2)sc1=S. The Morgan fingerprint density at radius 2 is 1.95 bits per heavy atom. The van der Waals surface area contributed by atoms with Crippen molar-refractivity contribution >= 4 is 46.2 Å². The third kappa shape index (κ3) is 2.37. The highest BCUT2D eigenvalue weighted by molar-refractivity contribution is 7.73. The Balaban J connectivity index is 1.98. The number of hydrogen-bond donors (Lipinski definition) is 1. The molecule has 1 heterocycles. The van der Waals surface area contributed by atoms with Crippen LogP contribution in [-0.4, -0.2) is 15.9 Å². The first-order valence-electron chi connectivity index (χ1n) is 6.07. The average Bonchev–Trinajstić information content (AvgIpc) is 2.72. The van der Waals surface area contributed by atoms with E-state index in [0.29, 0.717) is 8.83 Å². The molecule has 0 amide bonds. The molecule has 0 saturated carbocycles. The van der Waals surface area contributed by atoms with Gasteiger partial charge in [-0.3, -0.25) is 9.56 Å². The van der Waals surface area contributed by atoms with E-state index in [4.69, 9.17) is 12.2 Å². The van der Waals surface area contributed by atoms with E-state index >= 15 is 0 Å². The Bertz CT molecular complexity index is 862. The molecule has 5 heteroatoms. The number of benzene rings is 2. The second-order valence-electron chi connectivity index (χ2n) is 4.40. The van der Waals surface area contributed by atoms with Crippen LogP contribution in [0.1, 0.15) is 4.88 Å². The van der Waals surface area contributed by atoms with Gasteiger partial charge in [-0.25, -0.2) is 0 Å². The van der Waals surface area contributed by atoms with Crippen molar-refractivity contribution < 1.29 is 5.11 Å². The molecule has 0 bridgehead atoms. The summed E-state index contributed by atoms with van der Waals surface area (Å²) in [6, 6.07) is 14.2. The maximum absolute atomic E-state index is 9.88. The molecule has 0 aliphatic rings. The first-order chi connectivity index (χ1) is 9.65. The lowest BCUT2D eigenvalue weighted by Gasteiger charge is -1.98. The number of hydrogen-bond acceptors (Lipinski definition) is 4. The molecule has 20 heavy (non-hydrogen) atoms. The highest BCUT2D eigenvalue weighted by Gasteiger charge is 2.06. The molecule has 3 rings (SSSR count). The summed E-state index contributed by atoms with van der Waals surface area (Å²) in [6.07, 6.45) is 1.65. The zero-order chi connectivity index (χ0) is 14.1. The molecule has 1 N–H and O–H groups in total. The Morgan fingerprint density at radius 1 is 1.20 bits per heavy atom. The molecule has 0 fully saturated rings. The fourth-order valence-electron chi connectivity index (χ4n) is 1.93. The molecule has 0 unspecified atom stereocenters. The Labute approximate surface area is 125 Å². The van der Waals surface area contributed by atoms with Crippen molar-refractivity contribution in [2.45, 2.75) is 0 Å². The van der Waals surface area contributed by atoms with E-state index < -0.39 is 0 Å². The first kappa shape index (κ1) is 13.0. The molecule has 0 aliphatic heterocycles. The molecule has 0 spiro atoms. The van der Waals surface area contributed by atoms with Gasteiger partial charge in [-0.15, -0.1) is 0 Å². The molecule has 100 valence electrons. The van der Waals surface area contributed by atoms with Gasteiger partial charge in [-0.2, -0.15) is 0 Å². The third-order valence-corrected chi connectivity index (χ3v) is 4.55. The van der Waals surface area contributed by atoms with Crippen LogP contribution < -0.4 is 0 Å². The van der Waals surface area contributed by atoms with E-state index in [0.717, 1.165) is 11.1 Å². The van der Waals surface area contributed by atoms with Gasteiger partial charge in [-0.1, -0.05) is 41.7 Å².